The highest BCUT2D eigenvalue weighted by atomic mass is 16.3. The highest BCUT2D eigenvalue weighted by molar-refractivity contribution is 5.79. The van der Waals surface area contributed by atoms with Crippen molar-refractivity contribution in [1.29, 1.82) is 0 Å². The van der Waals surface area contributed by atoms with E-state index >= 15 is 0 Å². The first-order valence-corrected chi connectivity index (χ1v) is 8.96. The number of carbonyl (C=O) groups is 1. The van der Waals surface area contributed by atoms with Gasteiger partial charge in [0, 0.05) is 26.2 Å². The molecule has 0 aromatic heterocycles. The Labute approximate surface area is 149 Å². The number of likely N-dealkylation sites (tertiary alicyclic amines) is 1. The molecule has 1 unspecified atom stereocenters. The van der Waals surface area contributed by atoms with Gasteiger partial charge >= 0.3 is 0 Å². The van der Waals surface area contributed by atoms with Gasteiger partial charge in [0.1, 0.15) is 0 Å². The molecular formula is C21H26N2O2. The molecular weight excluding hydrogens is 312 g/mol. The van der Waals surface area contributed by atoms with E-state index in [1.807, 2.05) is 36.4 Å². The Morgan fingerprint density at radius 1 is 1.04 bits per heavy atom. The Morgan fingerprint density at radius 2 is 1.68 bits per heavy atom. The number of benzene rings is 2. The molecule has 1 amide bonds. The van der Waals surface area contributed by atoms with Gasteiger partial charge in [-0.15, -0.1) is 0 Å². The van der Waals surface area contributed by atoms with Gasteiger partial charge in [0.15, 0.2) is 0 Å². The van der Waals surface area contributed by atoms with Crippen LogP contribution in [0.15, 0.2) is 60.7 Å². The van der Waals surface area contributed by atoms with Crippen molar-refractivity contribution >= 4 is 5.91 Å². The smallest absolute Gasteiger partial charge is 0.227 e. The monoisotopic (exact) mass is 338 g/mol. The fraction of sp³-hybridized carbons (Fsp3) is 0.381. The van der Waals surface area contributed by atoms with E-state index in [1.165, 1.54) is 5.56 Å². The van der Waals surface area contributed by atoms with Crippen LogP contribution in [-0.2, 0) is 17.9 Å². The molecule has 0 bridgehead atoms. The molecule has 2 aromatic rings. The molecule has 1 heterocycles. The van der Waals surface area contributed by atoms with E-state index < -0.39 is 0 Å². The van der Waals surface area contributed by atoms with Crippen LogP contribution in [0.25, 0.3) is 0 Å². The maximum Gasteiger partial charge on any atom is 0.227 e. The van der Waals surface area contributed by atoms with Gasteiger partial charge in [0.05, 0.1) is 12.5 Å². The van der Waals surface area contributed by atoms with E-state index in [-0.39, 0.29) is 18.4 Å². The Hall–Kier alpha value is -2.17. The zero-order valence-electron chi connectivity index (χ0n) is 14.6. The summed E-state index contributed by atoms with van der Waals surface area (Å²) in [5.41, 5.74) is 2.38. The summed E-state index contributed by atoms with van der Waals surface area (Å²) in [5.74, 6) is 0.187. The third-order valence-electron chi connectivity index (χ3n) is 4.77. The van der Waals surface area contributed by atoms with Gasteiger partial charge in [0.25, 0.3) is 0 Å². The second kappa shape index (κ2) is 8.79. The lowest BCUT2D eigenvalue weighted by Crippen LogP contribution is -2.38. The van der Waals surface area contributed by atoms with E-state index in [0.717, 1.165) is 31.6 Å². The molecule has 0 radical (unpaired) electrons. The van der Waals surface area contributed by atoms with Gasteiger partial charge in [-0.05, 0) is 24.1 Å². The van der Waals surface area contributed by atoms with Gasteiger partial charge in [0.2, 0.25) is 5.91 Å². The quantitative estimate of drug-likeness (QED) is 0.844. The molecule has 0 spiro atoms. The van der Waals surface area contributed by atoms with Crippen LogP contribution in [0.5, 0.6) is 0 Å². The Morgan fingerprint density at radius 3 is 2.32 bits per heavy atom. The maximum atomic E-state index is 12.9. The maximum absolute atomic E-state index is 12.9. The average Bonchev–Trinajstić information content (AvgIpc) is 3.11. The summed E-state index contributed by atoms with van der Waals surface area (Å²) in [6.45, 7) is 3.59. The Bertz CT molecular complexity index is 660. The summed E-state index contributed by atoms with van der Waals surface area (Å²) in [7, 11) is 0. The van der Waals surface area contributed by atoms with Crippen molar-refractivity contribution in [3.8, 4) is 0 Å². The third kappa shape index (κ3) is 4.91. The number of aliphatic hydroxyl groups is 1. The standard InChI is InChI=1S/C21H26N2O2/c24-14-13-23(16-19-9-5-2-6-10-19)21(25)20-11-12-22(17-20)15-18-7-3-1-4-8-18/h1-10,20,24H,11-17H2. The van der Waals surface area contributed by atoms with Crippen molar-refractivity contribution in [1.82, 2.24) is 9.80 Å². The largest absolute Gasteiger partial charge is 0.395 e. The van der Waals surface area contributed by atoms with E-state index in [9.17, 15) is 9.90 Å². The minimum Gasteiger partial charge on any atom is -0.395 e. The number of aliphatic hydroxyl groups excluding tert-OH is 1. The van der Waals surface area contributed by atoms with Gasteiger partial charge in [-0.3, -0.25) is 9.69 Å². The van der Waals surface area contributed by atoms with Crippen LogP contribution in [0.2, 0.25) is 0 Å². The van der Waals surface area contributed by atoms with Crippen molar-refractivity contribution in [2.24, 2.45) is 5.92 Å². The van der Waals surface area contributed by atoms with Crippen molar-refractivity contribution in [2.75, 3.05) is 26.2 Å². The SMILES string of the molecule is O=C(C1CCN(Cc2ccccc2)C1)N(CCO)Cc1ccccc1. The highest BCUT2D eigenvalue weighted by Gasteiger charge is 2.31. The average molecular weight is 338 g/mol. The fourth-order valence-corrected chi connectivity index (χ4v) is 3.47. The lowest BCUT2D eigenvalue weighted by Gasteiger charge is -2.25. The molecule has 1 fully saturated rings. The van der Waals surface area contributed by atoms with E-state index in [4.69, 9.17) is 0 Å². The van der Waals surface area contributed by atoms with Gasteiger partial charge in [-0.1, -0.05) is 60.7 Å². The van der Waals surface area contributed by atoms with Crippen LogP contribution in [0, 0.1) is 5.92 Å². The molecule has 0 saturated carbocycles. The van der Waals surface area contributed by atoms with Gasteiger partial charge in [-0.2, -0.15) is 0 Å². The van der Waals surface area contributed by atoms with E-state index in [1.54, 1.807) is 4.90 Å². The van der Waals surface area contributed by atoms with E-state index in [0.29, 0.717) is 13.1 Å². The molecule has 4 nitrogen and oxygen atoms in total. The summed E-state index contributed by atoms with van der Waals surface area (Å²) in [5, 5.41) is 9.35. The molecule has 1 saturated heterocycles. The van der Waals surface area contributed by atoms with Crippen LogP contribution in [0.4, 0.5) is 0 Å². The van der Waals surface area contributed by atoms with Gasteiger partial charge in [-0.25, -0.2) is 0 Å². The number of nitrogens with zero attached hydrogens (tertiary/aromatic N) is 2. The predicted molar refractivity (Wildman–Crippen MR) is 98.8 cm³/mol. The number of rotatable bonds is 7. The molecule has 1 N–H and O–H groups in total. The lowest BCUT2D eigenvalue weighted by molar-refractivity contribution is -0.136. The lowest BCUT2D eigenvalue weighted by atomic mass is 10.1. The first-order valence-electron chi connectivity index (χ1n) is 8.96. The normalized spacial score (nSPS) is 17.6. The molecule has 1 atom stereocenters. The van der Waals surface area contributed by atoms with Crippen LogP contribution >= 0.6 is 0 Å². The number of hydrogen-bond acceptors (Lipinski definition) is 3. The first-order chi connectivity index (χ1) is 12.3. The fourth-order valence-electron chi connectivity index (χ4n) is 3.47. The van der Waals surface area contributed by atoms with Crippen LogP contribution in [0.3, 0.4) is 0 Å². The number of hydrogen-bond donors (Lipinski definition) is 1. The van der Waals surface area contributed by atoms with Crippen molar-refractivity contribution in [3.63, 3.8) is 0 Å². The number of carbonyl (C=O) groups excluding carboxylic acids is 1. The molecule has 2 aromatic carbocycles. The van der Waals surface area contributed by atoms with Crippen LogP contribution in [0.1, 0.15) is 17.5 Å². The molecule has 4 heteroatoms. The molecule has 1 aliphatic heterocycles. The minimum absolute atomic E-state index is 0.000969. The van der Waals surface area contributed by atoms with E-state index in [2.05, 4.69) is 29.2 Å². The second-order valence-corrected chi connectivity index (χ2v) is 6.68. The van der Waals surface area contributed by atoms with Crippen LogP contribution in [-0.4, -0.2) is 47.1 Å². The Balaban J connectivity index is 1.58. The first kappa shape index (κ1) is 17.6. The zero-order valence-corrected chi connectivity index (χ0v) is 14.6. The van der Waals surface area contributed by atoms with Gasteiger partial charge < -0.3 is 10.0 Å². The second-order valence-electron chi connectivity index (χ2n) is 6.68. The summed E-state index contributed by atoms with van der Waals surface area (Å²) >= 11 is 0. The highest BCUT2D eigenvalue weighted by Crippen LogP contribution is 2.21. The van der Waals surface area contributed by atoms with Crippen LogP contribution < -0.4 is 0 Å². The molecule has 0 aliphatic carbocycles. The molecule has 1 aliphatic rings. The Kier molecular flexibility index (Phi) is 6.20. The zero-order chi connectivity index (χ0) is 17.5. The number of amides is 1. The molecule has 25 heavy (non-hydrogen) atoms. The molecule has 3 rings (SSSR count). The summed E-state index contributed by atoms with van der Waals surface area (Å²) < 4.78 is 0. The van der Waals surface area contributed by atoms with Crippen molar-refractivity contribution < 1.29 is 9.90 Å². The topological polar surface area (TPSA) is 43.8 Å². The summed E-state index contributed by atoms with van der Waals surface area (Å²) in [4.78, 5) is 17.1. The minimum atomic E-state index is -0.000969. The summed E-state index contributed by atoms with van der Waals surface area (Å²) in [6.07, 6.45) is 0.891. The van der Waals surface area contributed by atoms with Crippen molar-refractivity contribution in [3.05, 3.63) is 71.8 Å². The van der Waals surface area contributed by atoms with Crippen molar-refractivity contribution in [2.45, 2.75) is 19.5 Å². The third-order valence-corrected chi connectivity index (χ3v) is 4.77. The molecule has 132 valence electrons. The predicted octanol–water partition coefficient (Wildman–Crippen LogP) is 2.53. The summed E-state index contributed by atoms with van der Waals surface area (Å²) in [6, 6.07) is 20.4.